The average Bonchev–Trinajstić information content (AvgIpc) is 3.20. The molecule has 0 bridgehead atoms. The van der Waals surface area contributed by atoms with Crippen LogP contribution in [0.15, 0.2) is 78.2 Å². The van der Waals surface area contributed by atoms with Crippen molar-refractivity contribution in [1.82, 2.24) is 10.2 Å². The number of nitrogens with one attached hydrogen (secondary N) is 1. The van der Waals surface area contributed by atoms with E-state index in [4.69, 9.17) is 10.5 Å². The molecule has 0 unspecified atom stereocenters. The van der Waals surface area contributed by atoms with Crippen LogP contribution in [0.2, 0.25) is 0 Å². The molecule has 6 heteroatoms. The summed E-state index contributed by atoms with van der Waals surface area (Å²) in [4.78, 5) is 2.04. The van der Waals surface area contributed by atoms with Crippen LogP contribution in [0, 0.1) is 11.3 Å². The van der Waals surface area contributed by atoms with Gasteiger partial charge in [-0.15, -0.1) is 5.10 Å². The van der Waals surface area contributed by atoms with Crippen LogP contribution in [0.25, 0.3) is 22.0 Å². The van der Waals surface area contributed by atoms with Gasteiger partial charge in [-0.3, -0.25) is 5.10 Å². The fourth-order valence-corrected chi connectivity index (χ4v) is 4.19. The van der Waals surface area contributed by atoms with Crippen LogP contribution >= 0.6 is 0 Å². The van der Waals surface area contributed by atoms with Gasteiger partial charge < -0.3 is 15.4 Å². The number of rotatable bonds is 3. The van der Waals surface area contributed by atoms with Crippen LogP contribution in [0.5, 0.6) is 5.88 Å². The smallest absolute Gasteiger partial charge is 0.244 e. The van der Waals surface area contributed by atoms with Gasteiger partial charge in [-0.05, 0) is 28.5 Å². The van der Waals surface area contributed by atoms with Gasteiger partial charge in [0.15, 0.2) is 0 Å². The Balaban J connectivity index is 1.74. The lowest BCUT2D eigenvalue weighted by atomic mass is 9.82. The molecule has 3 aromatic carbocycles. The Hall–Kier alpha value is -4.24. The number of aromatic amines is 1. The Morgan fingerprint density at radius 1 is 1.03 bits per heavy atom. The molecular formula is C25H21N5O. The molecule has 1 aromatic heterocycles. The third kappa shape index (κ3) is 2.99. The largest absolute Gasteiger partial charge is 0.420 e. The fourth-order valence-electron chi connectivity index (χ4n) is 4.19. The number of allylic oxidation sites excluding steroid dienone is 1. The molecule has 0 saturated heterocycles. The second-order valence-corrected chi connectivity index (χ2v) is 7.75. The third-order valence-electron chi connectivity index (χ3n) is 5.74. The third-order valence-corrected chi connectivity index (χ3v) is 5.74. The monoisotopic (exact) mass is 407 g/mol. The summed E-state index contributed by atoms with van der Waals surface area (Å²) in [5.41, 5.74) is 11.2. The first-order chi connectivity index (χ1) is 15.1. The van der Waals surface area contributed by atoms with Gasteiger partial charge in [0.2, 0.25) is 11.8 Å². The van der Waals surface area contributed by atoms with Crippen molar-refractivity contribution < 1.29 is 4.74 Å². The van der Waals surface area contributed by atoms with Crippen molar-refractivity contribution in [2.45, 2.75) is 5.92 Å². The minimum Gasteiger partial charge on any atom is -0.420 e. The van der Waals surface area contributed by atoms with Gasteiger partial charge in [-0.1, -0.05) is 54.6 Å². The molecule has 1 aliphatic rings. The second kappa shape index (κ2) is 7.22. The summed E-state index contributed by atoms with van der Waals surface area (Å²) in [6, 6.07) is 24.7. The number of fused-ring (bicyclic) bond motifs is 2. The van der Waals surface area contributed by atoms with Crippen LogP contribution in [0.3, 0.4) is 0 Å². The Kier molecular flexibility index (Phi) is 4.37. The van der Waals surface area contributed by atoms with Gasteiger partial charge in [-0.2, -0.15) is 5.26 Å². The van der Waals surface area contributed by atoms with E-state index >= 15 is 0 Å². The highest BCUT2D eigenvalue weighted by Crippen LogP contribution is 2.46. The van der Waals surface area contributed by atoms with Crippen LogP contribution in [0.4, 0.5) is 5.69 Å². The molecular weight excluding hydrogens is 386 g/mol. The van der Waals surface area contributed by atoms with Gasteiger partial charge in [0.05, 0.1) is 17.2 Å². The summed E-state index contributed by atoms with van der Waals surface area (Å²) in [7, 11) is 3.99. The number of nitrogens with two attached hydrogens (primary N) is 1. The number of H-pyrrole nitrogens is 1. The van der Waals surface area contributed by atoms with Crippen molar-refractivity contribution in [2.75, 3.05) is 19.0 Å². The lowest BCUT2D eigenvalue weighted by Crippen LogP contribution is -2.21. The fraction of sp³-hybridized carbons (Fsp3) is 0.120. The van der Waals surface area contributed by atoms with Crippen LogP contribution < -0.4 is 15.4 Å². The quantitative estimate of drug-likeness (QED) is 0.521. The zero-order chi connectivity index (χ0) is 21.5. The van der Waals surface area contributed by atoms with E-state index in [1.165, 1.54) is 0 Å². The first kappa shape index (κ1) is 18.8. The second-order valence-electron chi connectivity index (χ2n) is 7.75. The van der Waals surface area contributed by atoms with Gasteiger partial charge in [0, 0.05) is 25.3 Å². The predicted octanol–water partition coefficient (Wildman–Crippen LogP) is 4.51. The van der Waals surface area contributed by atoms with Crippen LogP contribution in [-0.4, -0.2) is 24.3 Å². The van der Waals surface area contributed by atoms with Gasteiger partial charge in [0.25, 0.3) is 0 Å². The standard InChI is InChI=1S/C25H21N5O/c1-30(2)17-12-10-16(11-13-17)21-20(14-26)24(27)31-25-22(21)23(28-29-25)19-9-5-7-15-6-3-4-8-18(15)19/h3-13,21H,27H2,1-2H3,(H,28,29)/t21-/m0/s1. The summed E-state index contributed by atoms with van der Waals surface area (Å²) in [5.74, 6) is 0.117. The highest BCUT2D eigenvalue weighted by molar-refractivity contribution is 5.97. The summed E-state index contributed by atoms with van der Waals surface area (Å²) in [6.45, 7) is 0. The zero-order valence-electron chi connectivity index (χ0n) is 17.3. The first-order valence-corrected chi connectivity index (χ1v) is 9.99. The molecule has 0 saturated carbocycles. The molecule has 6 nitrogen and oxygen atoms in total. The topological polar surface area (TPSA) is 91.0 Å². The summed E-state index contributed by atoms with van der Waals surface area (Å²) in [6.07, 6.45) is 0. The number of anilines is 1. The highest BCUT2D eigenvalue weighted by atomic mass is 16.5. The van der Waals surface area contributed by atoms with E-state index < -0.39 is 0 Å². The number of hydrogen-bond donors (Lipinski definition) is 2. The molecule has 4 aromatic rings. The molecule has 3 N–H and O–H groups in total. The number of nitriles is 1. The molecule has 0 amide bonds. The Morgan fingerprint density at radius 2 is 1.77 bits per heavy atom. The normalized spacial score (nSPS) is 15.3. The van der Waals surface area contributed by atoms with E-state index in [0.717, 1.165) is 38.8 Å². The highest BCUT2D eigenvalue weighted by Gasteiger charge is 2.35. The van der Waals surface area contributed by atoms with Crippen molar-refractivity contribution in [3.63, 3.8) is 0 Å². The average molecular weight is 407 g/mol. The van der Waals surface area contributed by atoms with Gasteiger partial charge in [0.1, 0.15) is 11.6 Å². The van der Waals surface area contributed by atoms with Crippen LogP contribution in [0.1, 0.15) is 17.0 Å². The van der Waals surface area contributed by atoms with Gasteiger partial charge in [-0.25, -0.2) is 0 Å². The minimum absolute atomic E-state index is 0.0904. The molecule has 0 fully saturated rings. The molecule has 0 radical (unpaired) electrons. The molecule has 0 spiro atoms. The molecule has 152 valence electrons. The lowest BCUT2D eigenvalue weighted by Gasteiger charge is -2.25. The molecule has 1 aliphatic heterocycles. The lowest BCUT2D eigenvalue weighted by molar-refractivity contribution is 0.379. The number of ether oxygens (including phenoxy) is 1. The number of nitrogens with zero attached hydrogens (tertiary/aromatic N) is 3. The van der Waals surface area contributed by atoms with E-state index in [2.05, 4.69) is 40.5 Å². The summed E-state index contributed by atoms with van der Waals surface area (Å²) >= 11 is 0. The SMILES string of the molecule is CN(C)c1ccc([C@H]2C(C#N)=C(N)Oc3n[nH]c(-c4cccc5ccccc45)c32)cc1. The summed E-state index contributed by atoms with van der Waals surface area (Å²) in [5, 5.41) is 19.7. The Morgan fingerprint density at radius 3 is 2.52 bits per heavy atom. The Labute approximate surface area is 180 Å². The van der Waals surface area contributed by atoms with Gasteiger partial charge >= 0.3 is 0 Å². The predicted molar refractivity (Wildman–Crippen MR) is 122 cm³/mol. The van der Waals surface area contributed by atoms with E-state index in [-0.39, 0.29) is 11.8 Å². The molecule has 31 heavy (non-hydrogen) atoms. The zero-order valence-corrected chi connectivity index (χ0v) is 17.3. The maximum Gasteiger partial charge on any atom is 0.244 e. The van der Waals surface area contributed by atoms with E-state index in [0.29, 0.717) is 11.5 Å². The van der Waals surface area contributed by atoms with Crippen molar-refractivity contribution in [2.24, 2.45) is 5.73 Å². The van der Waals surface area contributed by atoms with E-state index in [1.54, 1.807) is 0 Å². The molecule has 5 rings (SSSR count). The summed E-state index contributed by atoms with van der Waals surface area (Å²) < 4.78 is 5.75. The van der Waals surface area contributed by atoms with E-state index in [9.17, 15) is 5.26 Å². The molecule has 1 atom stereocenters. The minimum atomic E-state index is -0.377. The van der Waals surface area contributed by atoms with Crippen molar-refractivity contribution >= 4 is 16.5 Å². The maximum atomic E-state index is 9.93. The van der Waals surface area contributed by atoms with Crippen molar-refractivity contribution in [1.29, 1.82) is 5.26 Å². The molecule has 2 heterocycles. The maximum absolute atomic E-state index is 9.93. The Bertz CT molecular complexity index is 1350. The molecule has 0 aliphatic carbocycles. The number of hydrogen-bond acceptors (Lipinski definition) is 5. The van der Waals surface area contributed by atoms with Crippen molar-refractivity contribution in [3.8, 4) is 23.2 Å². The van der Waals surface area contributed by atoms with Crippen molar-refractivity contribution in [3.05, 3.63) is 89.3 Å². The number of aromatic nitrogens is 2. The number of benzene rings is 3. The first-order valence-electron chi connectivity index (χ1n) is 9.99. The van der Waals surface area contributed by atoms with E-state index in [1.807, 2.05) is 61.5 Å². The van der Waals surface area contributed by atoms with Crippen LogP contribution in [-0.2, 0) is 0 Å².